The number of halogens is 2. The molecule has 0 aliphatic heterocycles. The van der Waals surface area contributed by atoms with Crippen LogP contribution in [0, 0.1) is 42.3 Å². The van der Waals surface area contributed by atoms with Gasteiger partial charge in [0.15, 0.2) is 0 Å². The molecule has 0 saturated carbocycles. The van der Waals surface area contributed by atoms with Crippen molar-refractivity contribution in [1.29, 1.82) is 10.5 Å². The summed E-state index contributed by atoms with van der Waals surface area (Å²) in [5, 5.41) is 28.2. The number of aliphatic hydroxyl groups is 1. The lowest BCUT2D eigenvalue weighted by atomic mass is 10.00. The Morgan fingerprint density at radius 2 is 1.93 bits per heavy atom. The molecule has 0 radical (unpaired) electrons. The van der Waals surface area contributed by atoms with Crippen LogP contribution in [-0.4, -0.2) is 14.7 Å². The first-order valence-corrected chi connectivity index (χ1v) is 8.83. The van der Waals surface area contributed by atoms with E-state index < -0.39 is 5.82 Å². The average molecular weight is 395 g/mol. The molecule has 0 spiro atoms. The molecular formula is C21H16ClFN4O. The van der Waals surface area contributed by atoms with Gasteiger partial charge in [0.1, 0.15) is 23.1 Å². The molecule has 3 rings (SSSR count). The van der Waals surface area contributed by atoms with Crippen LogP contribution in [0.5, 0.6) is 0 Å². The summed E-state index contributed by atoms with van der Waals surface area (Å²) in [6.07, 6.45) is 1.62. The van der Waals surface area contributed by atoms with Gasteiger partial charge in [0.05, 0.1) is 17.7 Å². The molecule has 1 N–H and O–H groups in total. The Balaban J connectivity index is 2.12. The quantitative estimate of drug-likeness (QED) is 0.670. The Bertz CT molecular complexity index is 1150. The normalized spacial score (nSPS) is 10.5. The van der Waals surface area contributed by atoms with E-state index in [1.54, 1.807) is 24.4 Å². The predicted molar refractivity (Wildman–Crippen MR) is 103 cm³/mol. The predicted octanol–water partition coefficient (Wildman–Crippen LogP) is 4.24. The third-order valence-corrected chi connectivity index (χ3v) is 5.09. The molecule has 28 heavy (non-hydrogen) atoms. The lowest BCUT2D eigenvalue weighted by molar-refractivity contribution is 0.281. The topological polar surface area (TPSA) is 85.6 Å². The zero-order valence-corrected chi connectivity index (χ0v) is 16.0. The van der Waals surface area contributed by atoms with Crippen LogP contribution in [0.2, 0.25) is 5.15 Å². The monoisotopic (exact) mass is 394 g/mol. The minimum atomic E-state index is -0.622. The summed E-state index contributed by atoms with van der Waals surface area (Å²) >= 11 is 5.95. The minimum Gasteiger partial charge on any atom is -0.392 e. The van der Waals surface area contributed by atoms with Gasteiger partial charge in [-0.2, -0.15) is 10.5 Å². The van der Waals surface area contributed by atoms with Crippen LogP contribution >= 0.6 is 11.6 Å². The van der Waals surface area contributed by atoms with E-state index >= 15 is 0 Å². The Morgan fingerprint density at radius 3 is 2.54 bits per heavy atom. The minimum absolute atomic E-state index is 0.0418. The third-order valence-electron chi connectivity index (χ3n) is 4.75. The summed E-state index contributed by atoms with van der Waals surface area (Å²) in [7, 11) is 0. The molecule has 2 heterocycles. The zero-order valence-electron chi connectivity index (χ0n) is 15.3. The number of pyridine rings is 1. The maximum Gasteiger partial charge on any atom is 0.141 e. The van der Waals surface area contributed by atoms with Crippen LogP contribution in [0.1, 0.15) is 33.6 Å². The van der Waals surface area contributed by atoms with E-state index in [-0.39, 0.29) is 17.3 Å². The van der Waals surface area contributed by atoms with Gasteiger partial charge >= 0.3 is 0 Å². The van der Waals surface area contributed by atoms with Gasteiger partial charge < -0.3 is 9.67 Å². The first-order valence-electron chi connectivity index (χ1n) is 8.45. The van der Waals surface area contributed by atoms with Crippen molar-refractivity contribution in [3.63, 3.8) is 0 Å². The maximum atomic E-state index is 14.1. The number of aromatic nitrogens is 2. The van der Waals surface area contributed by atoms with Crippen molar-refractivity contribution in [1.82, 2.24) is 9.55 Å². The van der Waals surface area contributed by atoms with Crippen LogP contribution in [0.3, 0.4) is 0 Å². The number of hydrogen-bond acceptors (Lipinski definition) is 4. The van der Waals surface area contributed by atoms with E-state index in [1.165, 1.54) is 12.1 Å². The molecule has 0 aliphatic rings. The smallest absolute Gasteiger partial charge is 0.141 e. The molecule has 140 valence electrons. The van der Waals surface area contributed by atoms with Crippen LogP contribution < -0.4 is 0 Å². The van der Waals surface area contributed by atoms with E-state index in [4.69, 9.17) is 16.9 Å². The third kappa shape index (κ3) is 3.36. The summed E-state index contributed by atoms with van der Waals surface area (Å²) in [5.74, 6) is -0.622. The van der Waals surface area contributed by atoms with Crippen molar-refractivity contribution in [2.24, 2.45) is 0 Å². The van der Waals surface area contributed by atoms with Gasteiger partial charge in [-0.15, -0.1) is 0 Å². The van der Waals surface area contributed by atoms with Gasteiger partial charge in [0.2, 0.25) is 0 Å². The number of rotatable bonds is 4. The number of nitrogens with zero attached hydrogens (tertiary/aromatic N) is 4. The molecule has 3 aromatic rings. The highest BCUT2D eigenvalue weighted by Crippen LogP contribution is 2.33. The Hall–Kier alpha value is -3.19. The van der Waals surface area contributed by atoms with Crippen molar-refractivity contribution < 1.29 is 9.50 Å². The van der Waals surface area contributed by atoms with Gasteiger partial charge in [-0.25, -0.2) is 9.37 Å². The molecule has 1 aromatic carbocycles. The SMILES string of the molecule is Cc1c(C#N)c(-c2ccc(C#N)c(F)c2)c(C)n1Cc1cnc(Cl)c(CO)c1. The summed E-state index contributed by atoms with van der Waals surface area (Å²) in [6.45, 7) is 3.88. The van der Waals surface area contributed by atoms with Crippen molar-refractivity contribution in [2.75, 3.05) is 0 Å². The molecule has 0 fully saturated rings. The second-order valence-electron chi connectivity index (χ2n) is 6.38. The van der Waals surface area contributed by atoms with Crippen molar-refractivity contribution >= 4 is 11.6 Å². The van der Waals surface area contributed by atoms with Crippen LogP contribution in [0.25, 0.3) is 11.1 Å². The number of aliphatic hydroxyl groups excluding tert-OH is 1. The van der Waals surface area contributed by atoms with Gasteiger partial charge in [-0.05, 0) is 43.2 Å². The first kappa shape index (κ1) is 19.6. The maximum absolute atomic E-state index is 14.1. The van der Waals surface area contributed by atoms with E-state index in [1.807, 2.05) is 18.4 Å². The molecule has 5 nitrogen and oxygen atoms in total. The van der Waals surface area contributed by atoms with Gasteiger partial charge in [0.25, 0.3) is 0 Å². The highest BCUT2D eigenvalue weighted by molar-refractivity contribution is 6.30. The van der Waals surface area contributed by atoms with E-state index in [0.717, 1.165) is 17.0 Å². The van der Waals surface area contributed by atoms with Gasteiger partial charge in [-0.3, -0.25) is 0 Å². The highest BCUT2D eigenvalue weighted by atomic mass is 35.5. The summed E-state index contributed by atoms with van der Waals surface area (Å²) in [4.78, 5) is 4.09. The molecule has 2 aromatic heterocycles. The molecule has 7 heteroatoms. The Morgan fingerprint density at radius 1 is 1.18 bits per heavy atom. The molecule has 0 aliphatic carbocycles. The van der Waals surface area contributed by atoms with Gasteiger partial charge in [-0.1, -0.05) is 17.7 Å². The number of nitriles is 2. The van der Waals surface area contributed by atoms with Crippen molar-refractivity contribution in [2.45, 2.75) is 27.0 Å². The molecule has 0 saturated heterocycles. The van der Waals surface area contributed by atoms with Gasteiger partial charge in [0, 0.05) is 35.3 Å². The first-order chi connectivity index (χ1) is 13.4. The largest absolute Gasteiger partial charge is 0.392 e. The molecule has 0 bridgehead atoms. The average Bonchev–Trinajstić information content (AvgIpc) is 2.93. The molecule has 0 amide bonds. The Labute approximate surface area is 166 Å². The van der Waals surface area contributed by atoms with Crippen molar-refractivity contribution in [3.05, 3.63) is 75.1 Å². The molecular weight excluding hydrogens is 379 g/mol. The summed E-state index contributed by atoms with van der Waals surface area (Å²) in [6, 6.07) is 10.1. The molecule has 0 unspecified atom stereocenters. The standard InChI is InChI=1S/C21H16ClFN4O/c1-12-18(8-25)20(15-3-4-16(7-24)19(23)6-15)13(2)27(12)10-14-5-17(11-28)21(22)26-9-14/h3-6,9,28H,10-11H2,1-2H3. The lowest BCUT2D eigenvalue weighted by Crippen LogP contribution is -2.05. The molecule has 0 atom stereocenters. The highest BCUT2D eigenvalue weighted by Gasteiger charge is 2.20. The van der Waals surface area contributed by atoms with Crippen LogP contribution in [0.4, 0.5) is 4.39 Å². The summed E-state index contributed by atoms with van der Waals surface area (Å²) < 4.78 is 16.1. The fourth-order valence-corrected chi connectivity index (χ4v) is 3.46. The fraction of sp³-hybridized carbons (Fsp3) is 0.190. The zero-order chi connectivity index (χ0) is 20.4. The van der Waals surface area contributed by atoms with Crippen LogP contribution in [0.15, 0.2) is 30.5 Å². The van der Waals surface area contributed by atoms with E-state index in [9.17, 15) is 14.8 Å². The van der Waals surface area contributed by atoms with E-state index in [2.05, 4.69) is 11.1 Å². The van der Waals surface area contributed by atoms with Crippen LogP contribution in [-0.2, 0) is 13.2 Å². The van der Waals surface area contributed by atoms with E-state index in [0.29, 0.717) is 28.8 Å². The summed E-state index contributed by atoms with van der Waals surface area (Å²) in [5.41, 5.74) is 4.45. The van der Waals surface area contributed by atoms with Crippen molar-refractivity contribution in [3.8, 4) is 23.3 Å². The Kier molecular flexibility index (Phi) is 5.46. The second-order valence-corrected chi connectivity index (χ2v) is 6.73. The second kappa shape index (κ2) is 7.82. The lowest BCUT2D eigenvalue weighted by Gasteiger charge is -2.11. The number of hydrogen-bond donors (Lipinski definition) is 1. The fourth-order valence-electron chi connectivity index (χ4n) is 3.29. The number of benzene rings is 1.